The van der Waals surface area contributed by atoms with Crippen LogP contribution in [0.2, 0.25) is 0 Å². The molecule has 35 heavy (non-hydrogen) atoms. The third-order valence-electron chi connectivity index (χ3n) is 4.70. The van der Waals surface area contributed by atoms with Gasteiger partial charge >= 0.3 is 0 Å². The minimum atomic E-state index is -0.531. The number of amides is 1. The first-order valence-electron chi connectivity index (χ1n) is 10.9. The Labute approximate surface area is 217 Å². The van der Waals surface area contributed by atoms with Gasteiger partial charge in [0.2, 0.25) is 0 Å². The van der Waals surface area contributed by atoms with Crippen molar-refractivity contribution in [1.29, 1.82) is 5.26 Å². The van der Waals surface area contributed by atoms with Crippen LogP contribution >= 0.6 is 22.6 Å². The maximum absolute atomic E-state index is 13.5. The van der Waals surface area contributed by atoms with Crippen molar-refractivity contribution in [2.45, 2.75) is 20.5 Å². The van der Waals surface area contributed by atoms with Crippen molar-refractivity contribution in [3.63, 3.8) is 0 Å². The maximum Gasteiger partial charge on any atom is 0.266 e. The van der Waals surface area contributed by atoms with Crippen LogP contribution in [0.1, 0.15) is 25.0 Å². The molecule has 6 nitrogen and oxygen atoms in total. The van der Waals surface area contributed by atoms with Crippen LogP contribution in [0.25, 0.3) is 6.08 Å². The molecule has 0 radical (unpaired) electrons. The zero-order valence-corrected chi connectivity index (χ0v) is 21.5. The number of nitrogens with zero attached hydrogens (tertiary/aromatic N) is 1. The van der Waals surface area contributed by atoms with Crippen LogP contribution < -0.4 is 19.5 Å². The van der Waals surface area contributed by atoms with E-state index in [2.05, 4.69) is 27.9 Å². The Balaban J connectivity index is 1.80. The van der Waals surface area contributed by atoms with Crippen LogP contribution in [0.3, 0.4) is 0 Å². The number of carbonyl (C=O) groups is 1. The Bertz CT molecular complexity index is 1250. The SMILES string of the molecule is CCOc1ccc(NC(=O)/C(C#N)=C/c2cc(I)c(OCc3cccc(F)c3)c(OCC)c2)cc1. The quantitative estimate of drug-likeness (QED) is 0.170. The molecule has 180 valence electrons. The zero-order valence-electron chi connectivity index (χ0n) is 19.3. The molecule has 0 spiro atoms. The molecule has 1 N–H and O–H groups in total. The molecule has 0 fully saturated rings. The Morgan fingerprint density at radius 3 is 2.46 bits per heavy atom. The minimum Gasteiger partial charge on any atom is -0.494 e. The van der Waals surface area contributed by atoms with Crippen molar-refractivity contribution in [2.24, 2.45) is 0 Å². The second-order valence-corrected chi connectivity index (χ2v) is 8.43. The van der Waals surface area contributed by atoms with E-state index < -0.39 is 5.91 Å². The fraction of sp³-hybridized carbons (Fsp3) is 0.185. The molecule has 3 aromatic carbocycles. The summed E-state index contributed by atoms with van der Waals surface area (Å²) in [7, 11) is 0. The molecule has 3 rings (SSSR count). The van der Waals surface area contributed by atoms with Crippen molar-refractivity contribution >= 4 is 40.3 Å². The molecule has 0 aromatic heterocycles. The highest BCUT2D eigenvalue weighted by molar-refractivity contribution is 14.1. The first-order chi connectivity index (χ1) is 16.9. The Kier molecular flexibility index (Phi) is 9.49. The maximum atomic E-state index is 13.5. The predicted molar refractivity (Wildman–Crippen MR) is 141 cm³/mol. The third kappa shape index (κ3) is 7.45. The number of hydrogen-bond donors (Lipinski definition) is 1. The summed E-state index contributed by atoms with van der Waals surface area (Å²) in [5, 5.41) is 12.3. The third-order valence-corrected chi connectivity index (χ3v) is 5.50. The molecule has 0 heterocycles. The highest BCUT2D eigenvalue weighted by atomic mass is 127. The average Bonchev–Trinajstić information content (AvgIpc) is 2.83. The second kappa shape index (κ2) is 12.8. The summed E-state index contributed by atoms with van der Waals surface area (Å²) >= 11 is 2.10. The van der Waals surface area contributed by atoms with Gasteiger partial charge in [-0.1, -0.05) is 12.1 Å². The van der Waals surface area contributed by atoms with Gasteiger partial charge in [-0.15, -0.1) is 0 Å². The lowest BCUT2D eigenvalue weighted by atomic mass is 10.1. The van der Waals surface area contributed by atoms with Gasteiger partial charge in [-0.2, -0.15) is 5.26 Å². The first-order valence-corrected chi connectivity index (χ1v) is 12.0. The fourth-order valence-electron chi connectivity index (χ4n) is 3.17. The molecule has 0 unspecified atom stereocenters. The molecule has 0 aliphatic heterocycles. The van der Waals surface area contributed by atoms with Gasteiger partial charge < -0.3 is 19.5 Å². The van der Waals surface area contributed by atoms with Crippen LogP contribution in [0.15, 0.2) is 66.2 Å². The molecule has 0 atom stereocenters. The summed E-state index contributed by atoms with van der Waals surface area (Å²) in [6.45, 7) is 4.83. The van der Waals surface area contributed by atoms with E-state index in [1.54, 1.807) is 48.5 Å². The van der Waals surface area contributed by atoms with Gasteiger partial charge in [-0.05, 0) is 102 Å². The lowest BCUT2D eigenvalue weighted by Gasteiger charge is -2.15. The standard InChI is InChI=1S/C27H24FIN2O4/c1-3-33-23-10-8-22(9-11-23)31-27(32)20(16-30)12-19-14-24(29)26(25(15-19)34-4-2)35-17-18-6-5-7-21(28)13-18/h5-15H,3-4,17H2,1-2H3,(H,31,32)/b20-12+. The number of halogens is 2. The number of benzene rings is 3. The van der Waals surface area contributed by atoms with E-state index >= 15 is 0 Å². The molecule has 0 aliphatic rings. The molecule has 0 bridgehead atoms. The van der Waals surface area contributed by atoms with Gasteiger partial charge in [0.05, 0.1) is 16.8 Å². The Morgan fingerprint density at radius 1 is 1.06 bits per heavy atom. The van der Waals surface area contributed by atoms with Gasteiger partial charge in [0.15, 0.2) is 11.5 Å². The number of nitriles is 1. The van der Waals surface area contributed by atoms with Crippen LogP contribution in [-0.4, -0.2) is 19.1 Å². The highest BCUT2D eigenvalue weighted by Crippen LogP contribution is 2.35. The van der Waals surface area contributed by atoms with Crippen molar-refractivity contribution in [3.05, 3.63) is 86.8 Å². The van der Waals surface area contributed by atoms with Crippen LogP contribution in [-0.2, 0) is 11.4 Å². The van der Waals surface area contributed by atoms with E-state index in [1.165, 1.54) is 18.2 Å². The first kappa shape index (κ1) is 26.0. The van der Waals surface area contributed by atoms with Crippen molar-refractivity contribution in [3.8, 4) is 23.3 Å². The van der Waals surface area contributed by atoms with E-state index in [0.29, 0.717) is 47.3 Å². The fourth-order valence-corrected chi connectivity index (χ4v) is 3.95. The Hall–Kier alpha value is -3.58. The lowest BCUT2D eigenvalue weighted by Crippen LogP contribution is -2.13. The number of ether oxygens (including phenoxy) is 3. The molecule has 0 aliphatic carbocycles. The summed E-state index contributed by atoms with van der Waals surface area (Å²) in [6.07, 6.45) is 1.49. The summed E-state index contributed by atoms with van der Waals surface area (Å²) in [4.78, 5) is 12.7. The second-order valence-electron chi connectivity index (χ2n) is 7.26. The van der Waals surface area contributed by atoms with Crippen LogP contribution in [0.4, 0.5) is 10.1 Å². The lowest BCUT2D eigenvalue weighted by molar-refractivity contribution is -0.112. The van der Waals surface area contributed by atoms with Gasteiger partial charge in [-0.25, -0.2) is 4.39 Å². The largest absolute Gasteiger partial charge is 0.494 e. The molecule has 8 heteroatoms. The normalized spacial score (nSPS) is 10.9. The summed E-state index contributed by atoms with van der Waals surface area (Å²) < 4.78 is 31.3. The molecule has 1 amide bonds. The van der Waals surface area contributed by atoms with E-state index in [-0.39, 0.29) is 18.0 Å². The number of rotatable bonds is 10. The topological polar surface area (TPSA) is 80.6 Å². The van der Waals surface area contributed by atoms with E-state index in [1.807, 2.05) is 19.9 Å². The van der Waals surface area contributed by atoms with Crippen LogP contribution in [0, 0.1) is 20.7 Å². The van der Waals surface area contributed by atoms with Crippen molar-refractivity contribution < 1.29 is 23.4 Å². The zero-order chi connectivity index (χ0) is 25.2. The monoisotopic (exact) mass is 586 g/mol. The van der Waals surface area contributed by atoms with Crippen molar-refractivity contribution in [2.75, 3.05) is 18.5 Å². The number of carbonyl (C=O) groups excluding carboxylic acids is 1. The van der Waals surface area contributed by atoms with Crippen LogP contribution in [0.5, 0.6) is 17.2 Å². The molecular formula is C27H24FIN2O4. The highest BCUT2D eigenvalue weighted by Gasteiger charge is 2.15. The predicted octanol–water partition coefficient (Wildman–Crippen LogP) is 6.35. The van der Waals surface area contributed by atoms with Crippen molar-refractivity contribution in [1.82, 2.24) is 0 Å². The number of hydrogen-bond acceptors (Lipinski definition) is 5. The summed E-state index contributed by atoms with van der Waals surface area (Å²) in [6, 6.07) is 18.5. The number of nitrogens with one attached hydrogen (secondary N) is 1. The molecular weight excluding hydrogens is 562 g/mol. The van der Waals surface area contributed by atoms with E-state index in [9.17, 15) is 14.4 Å². The molecule has 3 aromatic rings. The molecule has 0 saturated heterocycles. The number of anilines is 1. The van der Waals surface area contributed by atoms with Gasteiger partial charge in [0.25, 0.3) is 5.91 Å². The molecule has 0 saturated carbocycles. The summed E-state index contributed by atoms with van der Waals surface area (Å²) in [5.41, 5.74) is 1.77. The van der Waals surface area contributed by atoms with Gasteiger partial charge in [-0.3, -0.25) is 4.79 Å². The summed E-state index contributed by atoms with van der Waals surface area (Å²) in [5.74, 6) is 0.798. The van der Waals surface area contributed by atoms with E-state index in [0.717, 1.165) is 3.57 Å². The average molecular weight is 586 g/mol. The Morgan fingerprint density at radius 2 is 1.80 bits per heavy atom. The smallest absolute Gasteiger partial charge is 0.266 e. The van der Waals surface area contributed by atoms with Gasteiger partial charge in [0.1, 0.15) is 29.8 Å². The van der Waals surface area contributed by atoms with E-state index in [4.69, 9.17) is 14.2 Å². The minimum absolute atomic E-state index is 0.0643. The van der Waals surface area contributed by atoms with Gasteiger partial charge in [0, 0.05) is 5.69 Å².